The molecule has 0 aliphatic carbocycles. The lowest BCUT2D eigenvalue weighted by molar-refractivity contribution is 0.0392. The Labute approximate surface area is 124 Å². The third-order valence-electron chi connectivity index (χ3n) is 2.79. The Hall–Kier alpha value is 0.0500. The number of nitrogens with zero attached hydrogens (tertiary/aromatic N) is 1. The van der Waals surface area contributed by atoms with E-state index in [0.717, 1.165) is 4.47 Å². The van der Waals surface area contributed by atoms with Crippen molar-refractivity contribution in [3.63, 3.8) is 0 Å². The fourth-order valence-electron chi connectivity index (χ4n) is 1.87. The van der Waals surface area contributed by atoms with E-state index in [4.69, 9.17) is 4.74 Å². The SMILES string of the molecule is CC1COCCN1S(=O)(=O)c1cc(Br)ccc1Br. The van der Waals surface area contributed by atoms with E-state index in [2.05, 4.69) is 31.9 Å². The third kappa shape index (κ3) is 2.80. The molecule has 1 heterocycles. The Morgan fingerprint density at radius 3 is 2.78 bits per heavy atom. The highest BCUT2D eigenvalue weighted by Crippen LogP contribution is 2.29. The lowest BCUT2D eigenvalue weighted by atomic mass is 10.3. The molecule has 0 spiro atoms. The fraction of sp³-hybridized carbons (Fsp3) is 0.455. The fourth-order valence-corrected chi connectivity index (χ4v) is 4.94. The highest BCUT2D eigenvalue weighted by molar-refractivity contribution is 9.11. The highest BCUT2D eigenvalue weighted by atomic mass is 79.9. The number of sulfonamides is 1. The van der Waals surface area contributed by atoms with E-state index in [-0.39, 0.29) is 10.9 Å². The van der Waals surface area contributed by atoms with Gasteiger partial charge in [0, 0.05) is 21.5 Å². The summed E-state index contributed by atoms with van der Waals surface area (Å²) in [6, 6.07) is 4.99. The lowest BCUT2D eigenvalue weighted by Crippen LogP contribution is -2.47. The quantitative estimate of drug-likeness (QED) is 0.769. The zero-order valence-corrected chi connectivity index (χ0v) is 13.8. The maximum absolute atomic E-state index is 12.6. The Bertz CT molecular complexity index is 547. The van der Waals surface area contributed by atoms with E-state index in [9.17, 15) is 8.42 Å². The van der Waals surface area contributed by atoms with E-state index in [0.29, 0.717) is 24.2 Å². The van der Waals surface area contributed by atoms with Crippen LogP contribution in [0.15, 0.2) is 32.0 Å². The van der Waals surface area contributed by atoms with Crippen molar-refractivity contribution < 1.29 is 13.2 Å². The van der Waals surface area contributed by atoms with Gasteiger partial charge in [0.25, 0.3) is 0 Å². The predicted octanol–water partition coefficient (Wildman–Crippen LogP) is 2.62. The van der Waals surface area contributed by atoms with Crippen molar-refractivity contribution in [3.05, 3.63) is 27.1 Å². The molecule has 0 bridgehead atoms. The van der Waals surface area contributed by atoms with Crippen LogP contribution >= 0.6 is 31.9 Å². The monoisotopic (exact) mass is 397 g/mol. The second-order valence-corrected chi connectivity index (χ2v) is 7.74. The molecular weight excluding hydrogens is 386 g/mol. The number of ether oxygens (including phenoxy) is 1. The molecule has 1 aromatic carbocycles. The van der Waals surface area contributed by atoms with Crippen LogP contribution in [0.25, 0.3) is 0 Å². The first-order valence-corrected chi connectivity index (χ1v) is 8.50. The molecule has 1 aliphatic heterocycles. The molecule has 0 amide bonds. The topological polar surface area (TPSA) is 46.6 Å². The molecule has 100 valence electrons. The predicted molar refractivity (Wildman–Crippen MR) is 76.0 cm³/mol. The summed E-state index contributed by atoms with van der Waals surface area (Å²) in [5.74, 6) is 0. The minimum atomic E-state index is -3.49. The van der Waals surface area contributed by atoms with E-state index >= 15 is 0 Å². The molecule has 0 aromatic heterocycles. The number of halogens is 2. The van der Waals surface area contributed by atoms with Gasteiger partial charge in [-0.3, -0.25) is 0 Å². The molecule has 1 unspecified atom stereocenters. The summed E-state index contributed by atoms with van der Waals surface area (Å²) in [7, 11) is -3.49. The van der Waals surface area contributed by atoms with Crippen molar-refractivity contribution in [1.29, 1.82) is 0 Å². The van der Waals surface area contributed by atoms with Crippen LogP contribution in [0.3, 0.4) is 0 Å². The third-order valence-corrected chi connectivity index (χ3v) is 6.29. The summed E-state index contributed by atoms with van der Waals surface area (Å²) in [6.07, 6.45) is 0. The zero-order chi connectivity index (χ0) is 13.3. The molecule has 1 aliphatic rings. The van der Waals surface area contributed by atoms with Crippen LogP contribution in [0.1, 0.15) is 6.92 Å². The molecule has 1 aromatic rings. The van der Waals surface area contributed by atoms with Gasteiger partial charge < -0.3 is 4.74 Å². The van der Waals surface area contributed by atoms with Gasteiger partial charge in [0.1, 0.15) is 0 Å². The number of rotatable bonds is 2. The smallest absolute Gasteiger partial charge is 0.244 e. The summed E-state index contributed by atoms with van der Waals surface area (Å²) < 4.78 is 33.3. The van der Waals surface area contributed by atoms with Crippen molar-refractivity contribution in [2.75, 3.05) is 19.8 Å². The molecule has 1 atom stereocenters. The summed E-state index contributed by atoms with van der Waals surface area (Å²) in [5.41, 5.74) is 0. The van der Waals surface area contributed by atoms with Crippen molar-refractivity contribution in [3.8, 4) is 0 Å². The standard InChI is InChI=1S/C11H13Br2NO3S/c1-8-7-17-5-4-14(8)18(15,16)11-6-9(12)2-3-10(11)13/h2-3,6,8H,4-5,7H2,1H3. The van der Waals surface area contributed by atoms with Crippen LogP contribution in [0.4, 0.5) is 0 Å². The zero-order valence-electron chi connectivity index (χ0n) is 9.77. The van der Waals surface area contributed by atoms with Gasteiger partial charge in [0.15, 0.2) is 0 Å². The van der Waals surface area contributed by atoms with Crippen molar-refractivity contribution in [2.24, 2.45) is 0 Å². The number of benzene rings is 1. The molecule has 0 N–H and O–H groups in total. The highest BCUT2D eigenvalue weighted by Gasteiger charge is 2.32. The van der Waals surface area contributed by atoms with Crippen molar-refractivity contribution >= 4 is 41.9 Å². The van der Waals surface area contributed by atoms with E-state index in [1.54, 1.807) is 18.2 Å². The Morgan fingerprint density at radius 1 is 1.39 bits per heavy atom. The molecule has 0 radical (unpaired) electrons. The van der Waals surface area contributed by atoms with Gasteiger partial charge in [-0.1, -0.05) is 15.9 Å². The molecular formula is C11H13Br2NO3S. The molecule has 0 saturated carbocycles. The van der Waals surface area contributed by atoms with Crippen LogP contribution in [-0.4, -0.2) is 38.5 Å². The second-order valence-electron chi connectivity index (χ2n) is 4.11. The van der Waals surface area contributed by atoms with Crippen LogP contribution in [0.2, 0.25) is 0 Å². The summed E-state index contributed by atoms with van der Waals surface area (Å²) in [5, 5.41) is 0. The average molecular weight is 399 g/mol. The largest absolute Gasteiger partial charge is 0.378 e. The Kier molecular flexibility index (Phi) is 4.48. The maximum Gasteiger partial charge on any atom is 0.244 e. The lowest BCUT2D eigenvalue weighted by Gasteiger charge is -2.32. The molecule has 2 rings (SSSR count). The molecule has 4 nitrogen and oxygen atoms in total. The van der Waals surface area contributed by atoms with E-state index in [1.807, 2.05) is 6.92 Å². The number of morpholine rings is 1. The average Bonchev–Trinajstić information content (AvgIpc) is 2.32. The van der Waals surface area contributed by atoms with Gasteiger partial charge in [0.05, 0.1) is 18.1 Å². The van der Waals surface area contributed by atoms with Crippen LogP contribution < -0.4 is 0 Å². The number of hydrogen-bond acceptors (Lipinski definition) is 3. The van der Waals surface area contributed by atoms with Crippen molar-refractivity contribution in [1.82, 2.24) is 4.31 Å². The Balaban J connectivity index is 2.44. The first-order valence-electron chi connectivity index (χ1n) is 5.47. The molecule has 1 fully saturated rings. The van der Waals surface area contributed by atoms with Gasteiger partial charge in [-0.15, -0.1) is 0 Å². The van der Waals surface area contributed by atoms with E-state index in [1.165, 1.54) is 4.31 Å². The maximum atomic E-state index is 12.6. The first kappa shape index (κ1) is 14.5. The van der Waals surface area contributed by atoms with Crippen LogP contribution in [0.5, 0.6) is 0 Å². The first-order chi connectivity index (χ1) is 8.43. The summed E-state index contributed by atoms with van der Waals surface area (Å²) >= 11 is 6.59. The summed E-state index contributed by atoms with van der Waals surface area (Å²) in [4.78, 5) is 0.283. The Morgan fingerprint density at radius 2 is 2.11 bits per heavy atom. The molecule has 18 heavy (non-hydrogen) atoms. The second kappa shape index (κ2) is 5.58. The minimum Gasteiger partial charge on any atom is -0.378 e. The van der Waals surface area contributed by atoms with Gasteiger partial charge in [-0.05, 0) is 41.1 Å². The molecule has 1 saturated heterocycles. The van der Waals surface area contributed by atoms with Gasteiger partial charge in [-0.2, -0.15) is 4.31 Å². The van der Waals surface area contributed by atoms with Gasteiger partial charge in [-0.25, -0.2) is 8.42 Å². The summed E-state index contributed by atoms with van der Waals surface area (Å²) in [6.45, 7) is 3.12. The van der Waals surface area contributed by atoms with Gasteiger partial charge in [0.2, 0.25) is 10.0 Å². The van der Waals surface area contributed by atoms with E-state index < -0.39 is 10.0 Å². The van der Waals surface area contributed by atoms with Crippen molar-refractivity contribution in [2.45, 2.75) is 17.9 Å². The normalized spacial score (nSPS) is 22.1. The van der Waals surface area contributed by atoms with Crippen LogP contribution in [-0.2, 0) is 14.8 Å². The van der Waals surface area contributed by atoms with Gasteiger partial charge >= 0.3 is 0 Å². The van der Waals surface area contributed by atoms with Crippen LogP contribution in [0, 0.1) is 0 Å². The minimum absolute atomic E-state index is 0.144. The molecule has 7 heteroatoms. The number of hydrogen-bond donors (Lipinski definition) is 0.